The molecule has 1 aromatic carbocycles. The van der Waals surface area contributed by atoms with Crippen molar-refractivity contribution >= 4 is 17.4 Å². The lowest BCUT2D eigenvalue weighted by atomic mass is 9.92. The number of anilines is 1. The van der Waals surface area contributed by atoms with Gasteiger partial charge in [0.1, 0.15) is 5.82 Å². The van der Waals surface area contributed by atoms with Gasteiger partial charge in [0, 0.05) is 22.8 Å². The van der Waals surface area contributed by atoms with Crippen LogP contribution >= 0.6 is 11.6 Å². The normalized spacial score (nSPS) is 10.9. The van der Waals surface area contributed by atoms with E-state index in [1.807, 2.05) is 0 Å². The smallest absolute Gasteiger partial charge is 0.164 e. The second kappa shape index (κ2) is 5.63. The van der Waals surface area contributed by atoms with Crippen LogP contribution in [0.4, 0.5) is 5.82 Å². The second-order valence-electron chi connectivity index (χ2n) is 4.73. The minimum atomic E-state index is 0.182. The average Bonchev–Trinajstić information content (AvgIpc) is 2.83. The molecule has 3 N–H and O–H groups in total. The van der Waals surface area contributed by atoms with Crippen LogP contribution in [0.25, 0.3) is 11.1 Å². The van der Waals surface area contributed by atoms with Crippen molar-refractivity contribution in [3.05, 3.63) is 22.8 Å². The van der Waals surface area contributed by atoms with E-state index in [0.29, 0.717) is 22.3 Å². The van der Waals surface area contributed by atoms with Gasteiger partial charge >= 0.3 is 0 Å². The molecule has 0 saturated carbocycles. The summed E-state index contributed by atoms with van der Waals surface area (Å²) in [6, 6.07) is 1.73. The number of aromatic amines is 1. The van der Waals surface area contributed by atoms with Crippen molar-refractivity contribution in [1.29, 1.82) is 0 Å². The van der Waals surface area contributed by atoms with Crippen molar-refractivity contribution in [3.8, 4) is 22.6 Å². The van der Waals surface area contributed by atoms with E-state index in [1.54, 1.807) is 26.5 Å². The van der Waals surface area contributed by atoms with Gasteiger partial charge in [-0.3, -0.25) is 5.10 Å². The predicted molar refractivity (Wildman–Crippen MR) is 80.6 cm³/mol. The molecule has 1 heterocycles. The number of hydrogen-bond acceptors (Lipinski definition) is 4. The summed E-state index contributed by atoms with van der Waals surface area (Å²) in [6.07, 6.45) is 1.66. The number of halogens is 1. The standard InChI is InChI=1S/C14H18ClN3O2/c1-7(2)11-12(8-6-17-18-14(8)16)9(15)5-10(19-3)13(11)20-4/h5-7H,1-4H3,(H3,16,17,18). The Bertz CT molecular complexity index is 623. The second-order valence-corrected chi connectivity index (χ2v) is 5.14. The largest absolute Gasteiger partial charge is 0.493 e. The summed E-state index contributed by atoms with van der Waals surface area (Å²) >= 11 is 6.42. The molecule has 0 bridgehead atoms. The lowest BCUT2D eigenvalue weighted by Crippen LogP contribution is -2.02. The lowest BCUT2D eigenvalue weighted by Gasteiger charge is -2.20. The highest BCUT2D eigenvalue weighted by molar-refractivity contribution is 6.34. The van der Waals surface area contributed by atoms with Gasteiger partial charge in [-0.15, -0.1) is 0 Å². The average molecular weight is 296 g/mol. The Morgan fingerprint density at radius 2 is 2.00 bits per heavy atom. The summed E-state index contributed by atoms with van der Waals surface area (Å²) in [5.74, 6) is 1.93. The van der Waals surface area contributed by atoms with Crippen LogP contribution in [-0.2, 0) is 0 Å². The van der Waals surface area contributed by atoms with Crippen LogP contribution in [0.15, 0.2) is 12.3 Å². The number of H-pyrrole nitrogens is 1. The molecule has 2 aromatic rings. The molecule has 0 aliphatic heterocycles. The van der Waals surface area contributed by atoms with E-state index in [1.165, 1.54) is 0 Å². The van der Waals surface area contributed by atoms with E-state index < -0.39 is 0 Å². The van der Waals surface area contributed by atoms with Crippen LogP contribution in [0.1, 0.15) is 25.3 Å². The molecule has 0 unspecified atom stereocenters. The lowest BCUT2D eigenvalue weighted by molar-refractivity contribution is 0.350. The summed E-state index contributed by atoms with van der Waals surface area (Å²) in [5.41, 5.74) is 8.46. The molecule has 6 heteroatoms. The Labute approximate surface area is 123 Å². The van der Waals surface area contributed by atoms with Crippen LogP contribution in [0.5, 0.6) is 11.5 Å². The molecular weight excluding hydrogens is 278 g/mol. The number of ether oxygens (including phenoxy) is 2. The predicted octanol–water partition coefficient (Wildman–Crippen LogP) is 3.45. The topological polar surface area (TPSA) is 73.2 Å². The van der Waals surface area contributed by atoms with E-state index in [9.17, 15) is 0 Å². The molecule has 1 aromatic heterocycles. The Morgan fingerprint density at radius 1 is 1.30 bits per heavy atom. The highest BCUT2D eigenvalue weighted by Gasteiger charge is 2.24. The molecule has 2 rings (SSSR count). The van der Waals surface area contributed by atoms with Gasteiger partial charge in [0.25, 0.3) is 0 Å². The van der Waals surface area contributed by atoms with E-state index in [2.05, 4.69) is 24.0 Å². The number of hydrogen-bond donors (Lipinski definition) is 2. The fraction of sp³-hybridized carbons (Fsp3) is 0.357. The SMILES string of the molecule is COc1cc(Cl)c(-c2cn[nH]c2N)c(C(C)C)c1OC. The molecule has 20 heavy (non-hydrogen) atoms. The number of benzene rings is 1. The van der Waals surface area contributed by atoms with E-state index in [4.69, 9.17) is 26.8 Å². The minimum absolute atomic E-state index is 0.182. The highest BCUT2D eigenvalue weighted by atomic mass is 35.5. The zero-order chi connectivity index (χ0) is 14.9. The van der Waals surface area contributed by atoms with Gasteiger partial charge < -0.3 is 15.2 Å². The Morgan fingerprint density at radius 3 is 2.45 bits per heavy atom. The monoisotopic (exact) mass is 295 g/mol. The molecule has 0 atom stereocenters. The number of nitrogens with zero attached hydrogens (tertiary/aromatic N) is 1. The van der Waals surface area contributed by atoms with Crippen molar-refractivity contribution in [2.24, 2.45) is 0 Å². The third-order valence-corrected chi connectivity index (χ3v) is 3.47. The molecule has 0 fully saturated rings. The zero-order valence-corrected chi connectivity index (χ0v) is 12.7. The molecular formula is C14H18ClN3O2. The summed E-state index contributed by atoms with van der Waals surface area (Å²) in [4.78, 5) is 0. The van der Waals surface area contributed by atoms with E-state index in [0.717, 1.165) is 16.7 Å². The Kier molecular flexibility index (Phi) is 4.09. The highest BCUT2D eigenvalue weighted by Crippen LogP contribution is 2.47. The van der Waals surface area contributed by atoms with Crippen LogP contribution in [0.2, 0.25) is 5.02 Å². The number of rotatable bonds is 4. The number of nitrogen functional groups attached to an aromatic ring is 1. The Balaban J connectivity index is 2.83. The maximum Gasteiger partial charge on any atom is 0.164 e. The summed E-state index contributed by atoms with van der Waals surface area (Å²) in [5, 5.41) is 7.24. The molecule has 5 nitrogen and oxygen atoms in total. The van der Waals surface area contributed by atoms with Gasteiger partial charge in [-0.2, -0.15) is 5.10 Å². The first-order chi connectivity index (χ1) is 9.51. The number of aromatic nitrogens is 2. The van der Waals surface area contributed by atoms with Crippen LogP contribution < -0.4 is 15.2 Å². The first kappa shape index (κ1) is 14.5. The van der Waals surface area contributed by atoms with Gasteiger partial charge in [0.15, 0.2) is 11.5 Å². The molecule has 0 spiro atoms. The zero-order valence-electron chi connectivity index (χ0n) is 12.0. The third-order valence-electron chi connectivity index (χ3n) is 3.17. The molecule has 0 aliphatic carbocycles. The van der Waals surface area contributed by atoms with Crippen molar-refractivity contribution in [3.63, 3.8) is 0 Å². The first-order valence-corrected chi connectivity index (χ1v) is 6.62. The van der Waals surface area contributed by atoms with Gasteiger partial charge in [-0.1, -0.05) is 25.4 Å². The number of methoxy groups -OCH3 is 2. The molecule has 0 aliphatic rings. The molecule has 0 radical (unpaired) electrons. The molecule has 108 valence electrons. The third kappa shape index (κ3) is 2.29. The summed E-state index contributed by atoms with van der Waals surface area (Å²) in [6.45, 7) is 4.13. The summed E-state index contributed by atoms with van der Waals surface area (Å²) in [7, 11) is 3.20. The molecule has 0 saturated heterocycles. The van der Waals surface area contributed by atoms with Crippen molar-refractivity contribution in [1.82, 2.24) is 10.2 Å². The van der Waals surface area contributed by atoms with Crippen LogP contribution in [0, 0.1) is 0 Å². The summed E-state index contributed by atoms with van der Waals surface area (Å²) < 4.78 is 10.9. The molecule has 0 amide bonds. The quantitative estimate of drug-likeness (QED) is 0.906. The number of nitrogens with one attached hydrogen (secondary N) is 1. The van der Waals surface area contributed by atoms with E-state index >= 15 is 0 Å². The fourth-order valence-electron chi connectivity index (χ4n) is 2.31. The van der Waals surface area contributed by atoms with Gasteiger partial charge in [-0.25, -0.2) is 0 Å². The van der Waals surface area contributed by atoms with Gasteiger partial charge in [-0.05, 0) is 5.92 Å². The van der Waals surface area contributed by atoms with Gasteiger partial charge in [0.05, 0.1) is 25.4 Å². The van der Waals surface area contributed by atoms with Crippen molar-refractivity contribution < 1.29 is 9.47 Å². The maximum absolute atomic E-state index is 6.42. The first-order valence-electron chi connectivity index (χ1n) is 6.24. The fourth-order valence-corrected chi connectivity index (χ4v) is 2.61. The van der Waals surface area contributed by atoms with Gasteiger partial charge in [0.2, 0.25) is 0 Å². The van der Waals surface area contributed by atoms with E-state index in [-0.39, 0.29) is 5.92 Å². The maximum atomic E-state index is 6.42. The van der Waals surface area contributed by atoms with Crippen LogP contribution in [0.3, 0.4) is 0 Å². The van der Waals surface area contributed by atoms with Crippen LogP contribution in [-0.4, -0.2) is 24.4 Å². The Hall–Kier alpha value is -1.88. The van der Waals surface area contributed by atoms with Crippen molar-refractivity contribution in [2.75, 3.05) is 20.0 Å². The number of nitrogens with two attached hydrogens (primary N) is 1. The van der Waals surface area contributed by atoms with Crippen molar-refractivity contribution in [2.45, 2.75) is 19.8 Å². The minimum Gasteiger partial charge on any atom is -0.493 e.